The number of hydrogen-bond donors (Lipinski definition) is 1. The van der Waals surface area contributed by atoms with Gasteiger partial charge in [0.2, 0.25) is 6.23 Å². The highest BCUT2D eigenvalue weighted by Gasteiger charge is 2.27. The molecule has 0 unspecified atom stereocenters. The summed E-state index contributed by atoms with van der Waals surface area (Å²) in [5.74, 6) is 0. The fourth-order valence-corrected chi connectivity index (χ4v) is 1.37. The molecule has 1 aromatic heterocycles. The van der Waals surface area contributed by atoms with Crippen LogP contribution in [0, 0.1) is 6.92 Å². The molecule has 1 N–H and O–H groups in total. The highest BCUT2D eigenvalue weighted by Crippen LogP contribution is 2.22. The summed E-state index contributed by atoms with van der Waals surface area (Å²) in [6.07, 6.45) is 1.28. The van der Waals surface area contributed by atoms with Crippen molar-refractivity contribution >= 4 is 0 Å². The molecule has 80 valence electrons. The largest absolute Gasteiger partial charge is 0.474 e. The number of aryl methyl sites for hydroxylation is 1. The first kappa shape index (κ1) is 9.70. The molecule has 0 saturated carbocycles. The van der Waals surface area contributed by atoms with E-state index in [0.717, 1.165) is 4.57 Å². The molecule has 1 aliphatic rings. The van der Waals surface area contributed by atoms with Crippen LogP contribution in [0.3, 0.4) is 0 Å². The first-order valence-electron chi connectivity index (χ1n) is 4.38. The Morgan fingerprint density at radius 3 is 2.87 bits per heavy atom. The molecular formula is C9H9FN2O3. The number of nitrogens with one attached hydrogen (secondary N) is 1. The van der Waals surface area contributed by atoms with Crippen molar-refractivity contribution in [2.45, 2.75) is 19.3 Å². The zero-order chi connectivity index (χ0) is 11.0. The molecular weight excluding hydrogens is 203 g/mol. The van der Waals surface area contributed by atoms with Gasteiger partial charge in [-0.3, -0.25) is 14.3 Å². The molecule has 0 amide bonds. The van der Waals surface area contributed by atoms with E-state index in [9.17, 15) is 14.0 Å². The molecule has 0 bridgehead atoms. The second kappa shape index (κ2) is 3.38. The van der Waals surface area contributed by atoms with Crippen molar-refractivity contribution in [3.8, 4) is 0 Å². The average Bonchev–Trinajstić information content (AvgIpc) is 2.58. The topological polar surface area (TPSA) is 64.1 Å². The number of alkyl halides is 1. The highest BCUT2D eigenvalue weighted by atomic mass is 19.1. The lowest BCUT2D eigenvalue weighted by atomic mass is 10.3. The van der Waals surface area contributed by atoms with E-state index in [0.29, 0.717) is 5.56 Å². The van der Waals surface area contributed by atoms with Gasteiger partial charge in [0.1, 0.15) is 0 Å². The normalized spacial score (nSPS) is 24.1. The van der Waals surface area contributed by atoms with Crippen molar-refractivity contribution in [3.05, 3.63) is 44.9 Å². The third-order valence-corrected chi connectivity index (χ3v) is 2.17. The molecule has 1 aliphatic heterocycles. The molecule has 0 radical (unpaired) electrons. The second-order valence-electron chi connectivity index (χ2n) is 3.28. The van der Waals surface area contributed by atoms with Gasteiger partial charge in [0, 0.05) is 11.8 Å². The molecule has 1 aromatic rings. The van der Waals surface area contributed by atoms with Gasteiger partial charge in [0.15, 0.2) is 6.17 Å². The van der Waals surface area contributed by atoms with Gasteiger partial charge in [-0.2, -0.15) is 0 Å². The number of ether oxygens (including phenoxy) is 1. The summed E-state index contributed by atoms with van der Waals surface area (Å²) in [6, 6.07) is 0. The molecule has 0 spiro atoms. The van der Waals surface area contributed by atoms with Gasteiger partial charge >= 0.3 is 5.69 Å². The van der Waals surface area contributed by atoms with Crippen molar-refractivity contribution < 1.29 is 9.13 Å². The number of aromatic nitrogens is 2. The van der Waals surface area contributed by atoms with Crippen LogP contribution in [0.1, 0.15) is 11.8 Å². The molecule has 15 heavy (non-hydrogen) atoms. The van der Waals surface area contributed by atoms with Crippen molar-refractivity contribution in [3.63, 3.8) is 0 Å². The van der Waals surface area contributed by atoms with Crippen LogP contribution in [0.2, 0.25) is 0 Å². The van der Waals surface area contributed by atoms with Crippen LogP contribution in [0.15, 0.2) is 28.1 Å². The molecule has 6 heteroatoms. The molecule has 0 aromatic carbocycles. The quantitative estimate of drug-likeness (QED) is 0.724. The van der Waals surface area contributed by atoms with Gasteiger partial charge in [-0.25, -0.2) is 9.18 Å². The van der Waals surface area contributed by atoms with Crippen LogP contribution in [0.4, 0.5) is 4.39 Å². The number of hydrogen-bond acceptors (Lipinski definition) is 3. The van der Waals surface area contributed by atoms with Crippen LogP contribution in [-0.2, 0) is 4.74 Å². The average molecular weight is 212 g/mol. The maximum atomic E-state index is 13.2. The Kier molecular flexibility index (Phi) is 2.18. The van der Waals surface area contributed by atoms with Gasteiger partial charge in [-0.05, 0) is 13.0 Å². The van der Waals surface area contributed by atoms with Crippen LogP contribution in [0.25, 0.3) is 0 Å². The van der Waals surface area contributed by atoms with Gasteiger partial charge < -0.3 is 4.74 Å². The van der Waals surface area contributed by atoms with E-state index < -0.39 is 23.6 Å². The minimum atomic E-state index is -1.38. The molecule has 0 fully saturated rings. The molecule has 2 rings (SSSR count). The van der Waals surface area contributed by atoms with Crippen molar-refractivity contribution in [1.29, 1.82) is 0 Å². The standard InChI is InChI=1S/C9H9FN2O3/c1-5-4-12(9(14)11-7(5)13)8-6(10)2-3-15-8/h2-4,6,8H,1H3,(H,11,13,14)/t6-,8+/m0/s1. The number of H-pyrrole nitrogens is 1. The van der Waals surface area contributed by atoms with E-state index in [-0.39, 0.29) is 0 Å². The lowest BCUT2D eigenvalue weighted by Gasteiger charge is -2.15. The first-order valence-corrected chi connectivity index (χ1v) is 4.38. The number of halogens is 1. The van der Waals surface area contributed by atoms with Crippen molar-refractivity contribution in [2.24, 2.45) is 0 Å². The van der Waals surface area contributed by atoms with Gasteiger partial charge in [0.25, 0.3) is 5.56 Å². The summed E-state index contributed by atoms with van der Waals surface area (Å²) in [4.78, 5) is 24.5. The fraction of sp³-hybridized carbons (Fsp3) is 0.333. The molecule has 2 heterocycles. The van der Waals surface area contributed by atoms with E-state index >= 15 is 0 Å². The Labute approximate surface area is 83.8 Å². The van der Waals surface area contributed by atoms with E-state index in [1.807, 2.05) is 0 Å². The third-order valence-electron chi connectivity index (χ3n) is 2.17. The Morgan fingerprint density at radius 1 is 1.53 bits per heavy atom. The van der Waals surface area contributed by atoms with Crippen LogP contribution < -0.4 is 11.2 Å². The summed E-state index contributed by atoms with van der Waals surface area (Å²) in [5.41, 5.74) is -0.822. The molecule has 0 saturated heterocycles. The zero-order valence-electron chi connectivity index (χ0n) is 7.94. The lowest BCUT2D eigenvalue weighted by Crippen LogP contribution is -2.35. The summed E-state index contributed by atoms with van der Waals surface area (Å²) in [5, 5.41) is 0. The Bertz CT molecular complexity index is 517. The number of rotatable bonds is 1. The zero-order valence-corrected chi connectivity index (χ0v) is 7.94. The number of nitrogens with zero attached hydrogens (tertiary/aromatic N) is 1. The van der Waals surface area contributed by atoms with Gasteiger partial charge in [-0.1, -0.05) is 0 Å². The highest BCUT2D eigenvalue weighted by molar-refractivity contribution is 5.04. The van der Waals surface area contributed by atoms with E-state index in [1.165, 1.54) is 25.5 Å². The fourth-order valence-electron chi connectivity index (χ4n) is 1.37. The smallest absolute Gasteiger partial charge is 0.331 e. The van der Waals surface area contributed by atoms with Crippen LogP contribution in [0.5, 0.6) is 0 Å². The SMILES string of the molecule is Cc1cn([C@@H]2OC=C[C@@H]2F)c(=O)[nH]c1=O. The van der Waals surface area contributed by atoms with Crippen LogP contribution >= 0.6 is 0 Å². The van der Waals surface area contributed by atoms with Gasteiger partial charge in [0.05, 0.1) is 6.26 Å². The summed E-state index contributed by atoms with van der Waals surface area (Å²) in [6.45, 7) is 1.53. The molecule has 0 aliphatic carbocycles. The Balaban J connectivity index is 2.50. The molecule has 2 atom stereocenters. The summed E-state index contributed by atoms with van der Waals surface area (Å²) >= 11 is 0. The minimum absolute atomic E-state index is 0.331. The first-order chi connectivity index (χ1) is 7.09. The van der Waals surface area contributed by atoms with Gasteiger partial charge in [-0.15, -0.1) is 0 Å². The maximum Gasteiger partial charge on any atom is 0.331 e. The van der Waals surface area contributed by atoms with Crippen molar-refractivity contribution in [1.82, 2.24) is 9.55 Å². The summed E-state index contributed by atoms with van der Waals surface area (Å²) in [7, 11) is 0. The van der Waals surface area contributed by atoms with Crippen molar-refractivity contribution in [2.75, 3.05) is 0 Å². The Morgan fingerprint density at radius 2 is 2.27 bits per heavy atom. The van der Waals surface area contributed by atoms with Crippen LogP contribution in [-0.4, -0.2) is 15.7 Å². The maximum absolute atomic E-state index is 13.2. The lowest BCUT2D eigenvalue weighted by molar-refractivity contribution is 0.0467. The summed E-state index contributed by atoms with van der Waals surface area (Å²) < 4.78 is 19.2. The molecule has 5 nitrogen and oxygen atoms in total. The Hall–Kier alpha value is -1.85. The number of aromatic amines is 1. The minimum Gasteiger partial charge on any atom is -0.474 e. The monoisotopic (exact) mass is 212 g/mol. The van der Waals surface area contributed by atoms with E-state index in [4.69, 9.17) is 4.74 Å². The van der Waals surface area contributed by atoms with E-state index in [1.54, 1.807) is 0 Å². The second-order valence-corrected chi connectivity index (χ2v) is 3.28. The van der Waals surface area contributed by atoms with E-state index in [2.05, 4.69) is 4.98 Å². The third kappa shape index (κ3) is 1.58. The predicted octanol–water partition coefficient (Wildman–Crippen LogP) is 0.226. The predicted molar refractivity (Wildman–Crippen MR) is 50.2 cm³/mol.